The van der Waals surface area contributed by atoms with E-state index in [1.165, 1.54) is 18.0 Å². The van der Waals surface area contributed by atoms with Crippen molar-refractivity contribution in [2.75, 3.05) is 7.05 Å². The standard InChI is InChI=1S/C14H15N3O/c1-11-5-3-4-6-12(11)10-17(2)14(18)13-9-15-7-8-16-13/h3-9H,10H2,1-2H3. The summed E-state index contributed by atoms with van der Waals surface area (Å²) in [7, 11) is 1.77. The third-order valence-corrected chi connectivity index (χ3v) is 2.80. The Balaban J connectivity index is 2.11. The SMILES string of the molecule is Cc1ccccc1CN(C)C(=O)c1cnccn1. The molecule has 2 aromatic rings. The molecule has 92 valence electrons. The number of hydrogen-bond acceptors (Lipinski definition) is 3. The van der Waals surface area contributed by atoms with E-state index in [-0.39, 0.29) is 5.91 Å². The molecule has 1 aromatic heterocycles. The maximum atomic E-state index is 12.1. The Morgan fingerprint density at radius 3 is 2.72 bits per heavy atom. The summed E-state index contributed by atoms with van der Waals surface area (Å²) in [6.07, 6.45) is 4.56. The number of benzene rings is 1. The summed E-state index contributed by atoms with van der Waals surface area (Å²) in [5.41, 5.74) is 2.68. The lowest BCUT2D eigenvalue weighted by atomic mass is 10.1. The topological polar surface area (TPSA) is 46.1 Å². The minimum atomic E-state index is -0.119. The molecule has 0 spiro atoms. The van der Waals surface area contributed by atoms with Gasteiger partial charge in [-0.1, -0.05) is 24.3 Å². The number of rotatable bonds is 3. The van der Waals surface area contributed by atoms with Gasteiger partial charge in [-0.2, -0.15) is 0 Å². The molecule has 4 nitrogen and oxygen atoms in total. The van der Waals surface area contributed by atoms with Gasteiger partial charge in [-0.25, -0.2) is 4.98 Å². The highest BCUT2D eigenvalue weighted by atomic mass is 16.2. The van der Waals surface area contributed by atoms with Crippen LogP contribution in [0.4, 0.5) is 0 Å². The summed E-state index contributed by atoms with van der Waals surface area (Å²) in [5, 5.41) is 0. The average molecular weight is 241 g/mol. The third kappa shape index (κ3) is 2.71. The minimum Gasteiger partial charge on any atom is -0.336 e. The molecular formula is C14H15N3O. The van der Waals surface area contributed by atoms with Gasteiger partial charge in [0.15, 0.2) is 0 Å². The molecule has 0 aliphatic rings. The van der Waals surface area contributed by atoms with Crippen molar-refractivity contribution < 1.29 is 4.79 Å². The molecule has 1 amide bonds. The lowest BCUT2D eigenvalue weighted by Crippen LogP contribution is -2.27. The fourth-order valence-corrected chi connectivity index (χ4v) is 1.72. The first-order chi connectivity index (χ1) is 8.68. The van der Waals surface area contributed by atoms with E-state index >= 15 is 0 Å². The quantitative estimate of drug-likeness (QED) is 0.826. The molecule has 0 saturated carbocycles. The van der Waals surface area contributed by atoms with Gasteiger partial charge < -0.3 is 4.90 Å². The summed E-state index contributed by atoms with van der Waals surface area (Å²) in [5.74, 6) is -0.119. The van der Waals surface area contributed by atoms with Gasteiger partial charge in [0.05, 0.1) is 6.20 Å². The summed E-state index contributed by atoms with van der Waals surface area (Å²) >= 11 is 0. The first-order valence-corrected chi connectivity index (χ1v) is 5.74. The molecule has 0 bridgehead atoms. The number of hydrogen-bond donors (Lipinski definition) is 0. The Labute approximate surface area is 106 Å². The van der Waals surface area contributed by atoms with Gasteiger partial charge in [0.2, 0.25) is 0 Å². The van der Waals surface area contributed by atoms with Crippen LogP contribution in [0.1, 0.15) is 21.6 Å². The maximum Gasteiger partial charge on any atom is 0.274 e. The number of aromatic nitrogens is 2. The molecule has 1 aromatic carbocycles. The fraction of sp³-hybridized carbons (Fsp3) is 0.214. The third-order valence-electron chi connectivity index (χ3n) is 2.80. The molecule has 0 fully saturated rings. The van der Waals surface area contributed by atoms with Gasteiger partial charge in [-0.3, -0.25) is 9.78 Å². The van der Waals surface area contributed by atoms with Crippen LogP contribution in [0, 0.1) is 6.92 Å². The van der Waals surface area contributed by atoms with E-state index in [1.807, 2.05) is 31.2 Å². The molecule has 18 heavy (non-hydrogen) atoms. The molecule has 2 rings (SSSR count). The van der Waals surface area contributed by atoms with E-state index < -0.39 is 0 Å². The van der Waals surface area contributed by atoms with Crippen molar-refractivity contribution in [1.82, 2.24) is 14.9 Å². The summed E-state index contributed by atoms with van der Waals surface area (Å²) in [6, 6.07) is 8.03. The maximum absolute atomic E-state index is 12.1. The van der Waals surface area contributed by atoms with Crippen molar-refractivity contribution in [3.63, 3.8) is 0 Å². The first-order valence-electron chi connectivity index (χ1n) is 5.74. The van der Waals surface area contributed by atoms with E-state index in [0.29, 0.717) is 12.2 Å². The van der Waals surface area contributed by atoms with Crippen LogP contribution in [0.15, 0.2) is 42.9 Å². The molecule has 0 aliphatic carbocycles. The van der Waals surface area contributed by atoms with E-state index in [1.54, 1.807) is 18.1 Å². The van der Waals surface area contributed by atoms with Crippen molar-refractivity contribution in [1.29, 1.82) is 0 Å². The van der Waals surface area contributed by atoms with Crippen LogP contribution >= 0.6 is 0 Å². The normalized spacial score (nSPS) is 10.1. The lowest BCUT2D eigenvalue weighted by molar-refractivity contribution is 0.0778. The zero-order valence-corrected chi connectivity index (χ0v) is 10.5. The molecule has 0 atom stereocenters. The summed E-state index contributed by atoms with van der Waals surface area (Å²) < 4.78 is 0. The van der Waals surface area contributed by atoms with Crippen LogP contribution in [-0.2, 0) is 6.54 Å². The van der Waals surface area contributed by atoms with Gasteiger partial charge in [0.25, 0.3) is 5.91 Å². The van der Waals surface area contributed by atoms with Crippen LogP contribution in [0.2, 0.25) is 0 Å². The van der Waals surface area contributed by atoms with E-state index in [9.17, 15) is 4.79 Å². The van der Waals surface area contributed by atoms with E-state index in [2.05, 4.69) is 9.97 Å². The number of carbonyl (C=O) groups is 1. The van der Waals surface area contributed by atoms with Crippen LogP contribution in [0.5, 0.6) is 0 Å². The van der Waals surface area contributed by atoms with Crippen LogP contribution < -0.4 is 0 Å². The highest BCUT2D eigenvalue weighted by Gasteiger charge is 2.13. The smallest absolute Gasteiger partial charge is 0.274 e. The molecule has 0 radical (unpaired) electrons. The Morgan fingerprint density at radius 2 is 2.06 bits per heavy atom. The Kier molecular flexibility index (Phi) is 3.67. The van der Waals surface area contributed by atoms with Crippen LogP contribution in [-0.4, -0.2) is 27.8 Å². The average Bonchev–Trinajstić information content (AvgIpc) is 2.41. The Bertz CT molecular complexity index is 540. The minimum absolute atomic E-state index is 0.119. The highest BCUT2D eigenvalue weighted by molar-refractivity contribution is 5.91. The zero-order valence-electron chi connectivity index (χ0n) is 10.5. The molecule has 0 saturated heterocycles. The second-order valence-corrected chi connectivity index (χ2v) is 4.18. The molecule has 1 heterocycles. The first kappa shape index (κ1) is 12.2. The second-order valence-electron chi connectivity index (χ2n) is 4.18. The summed E-state index contributed by atoms with van der Waals surface area (Å²) in [4.78, 5) is 21.6. The second kappa shape index (κ2) is 5.40. The zero-order chi connectivity index (χ0) is 13.0. The van der Waals surface area contributed by atoms with Crippen molar-refractivity contribution >= 4 is 5.91 Å². The Morgan fingerprint density at radius 1 is 1.28 bits per heavy atom. The molecule has 0 unspecified atom stereocenters. The molecule has 4 heteroatoms. The van der Waals surface area contributed by atoms with Crippen LogP contribution in [0.3, 0.4) is 0 Å². The molecular weight excluding hydrogens is 226 g/mol. The monoisotopic (exact) mass is 241 g/mol. The number of carbonyl (C=O) groups excluding carboxylic acids is 1. The van der Waals surface area contributed by atoms with Crippen molar-refractivity contribution in [3.05, 3.63) is 59.7 Å². The number of aryl methyl sites for hydroxylation is 1. The van der Waals surface area contributed by atoms with Gasteiger partial charge in [-0.15, -0.1) is 0 Å². The predicted molar refractivity (Wildman–Crippen MR) is 69.0 cm³/mol. The van der Waals surface area contributed by atoms with Crippen molar-refractivity contribution in [2.45, 2.75) is 13.5 Å². The van der Waals surface area contributed by atoms with Crippen molar-refractivity contribution in [2.24, 2.45) is 0 Å². The largest absolute Gasteiger partial charge is 0.336 e. The summed E-state index contributed by atoms with van der Waals surface area (Å²) in [6.45, 7) is 2.61. The predicted octanol–water partition coefficient (Wildman–Crippen LogP) is 2.06. The van der Waals surface area contributed by atoms with Gasteiger partial charge >= 0.3 is 0 Å². The number of amides is 1. The van der Waals surface area contributed by atoms with Crippen molar-refractivity contribution in [3.8, 4) is 0 Å². The molecule has 0 N–H and O–H groups in total. The van der Waals surface area contributed by atoms with Gasteiger partial charge in [0.1, 0.15) is 5.69 Å². The Hall–Kier alpha value is -2.23. The molecule has 0 aliphatic heterocycles. The van der Waals surface area contributed by atoms with E-state index in [0.717, 1.165) is 5.56 Å². The van der Waals surface area contributed by atoms with E-state index in [4.69, 9.17) is 0 Å². The van der Waals surface area contributed by atoms with Gasteiger partial charge in [0, 0.05) is 26.0 Å². The highest BCUT2D eigenvalue weighted by Crippen LogP contribution is 2.10. The lowest BCUT2D eigenvalue weighted by Gasteiger charge is -2.17. The number of nitrogens with zero attached hydrogens (tertiary/aromatic N) is 3. The fourth-order valence-electron chi connectivity index (χ4n) is 1.72. The van der Waals surface area contributed by atoms with Crippen LogP contribution in [0.25, 0.3) is 0 Å². The van der Waals surface area contributed by atoms with Gasteiger partial charge in [-0.05, 0) is 18.1 Å².